The van der Waals surface area contributed by atoms with Crippen LogP contribution >= 0.6 is 0 Å². The number of hydrogen-bond acceptors (Lipinski definition) is 9. The lowest BCUT2D eigenvalue weighted by molar-refractivity contribution is -0.154. The molecule has 1 fully saturated rings. The van der Waals surface area contributed by atoms with E-state index in [9.17, 15) is 18.4 Å². The first-order chi connectivity index (χ1) is 20.9. The third kappa shape index (κ3) is 6.25. The van der Waals surface area contributed by atoms with Gasteiger partial charge in [0.25, 0.3) is 0 Å². The number of nitrogens with zero attached hydrogens (tertiary/aromatic N) is 6. The largest absolute Gasteiger partial charge is 0.453 e. The van der Waals surface area contributed by atoms with Crippen molar-refractivity contribution in [3.05, 3.63) is 59.7 Å². The first-order valence-electron chi connectivity index (χ1n) is 14.7. The molecule has 0 bridgehead atoms. The second kappa shape index (κ2) is 12.6. The number of aromatic amines is 1. The van der Waals surface area contributed by atoms with Crippen molar-refractivity contribution in [3.63, 3.8) is 0 Å². The Labute approximate surface area is 253 Å². The van der Waals surface area contributed by atoms with E-state index in [1.54, 1.807) is 43.7 Å². The number of amides is 1. The van der Waals surface area contributed by atoms with Crippen LogP contribution in [0, 0.1) is 23.5 Å². The van der Waals surface area contributed by atoms with E-state index < -0.39 is 41.7 Å². The SMILES string of the molecule is CC(C)[C@H](N)C(=O)N[C@H](C(=O)O[C@@H](C)c1nc(-c2cnn3ccc(N4CCC[C@@H]4c4cc(F)ccc4F)nc23)n[nH]1)C(C)C. The molecule has 4 atom stereocenters. The lowest BCUT2D eigenvalue weighted by atomic mass is 10.0. The number of hydrogen-bond donors (Lipinski definition) is 3. The molecule has 1 amide bonds. The van der Waals surface area contributed by atoms with Crippen LogP contribution in [-0.2, 0) is 14.3 Å². The monoisotopic (exact) mass is 609 g/mol. The predicted molar refractivity (Wildman–Crippen MR) is 158 cm³/mol. The van der Waals surface area contributed by atoms with Crippen molar-refractivity contribution >= 4 is 23.3 Å². The maximum absolute atomic E-state index is 14.6. The van der Waals surface area contributed by atoms with Gasteiger partial charge in [-0.1, -0.05) is 27.7 Å². The normalized spacial score (nSPS) is 17.3. The van der Waals surface area contributed by atoms with Crippen LogP contribution in [0.3, 0.4) is 0 Å². The van der Waals surface area contributed by atoms with Gasteiger partial charge in [0.1, 0.15) is 23.5 Å². The Morgan fingerprint density at radius 2 is 1.89 bits per heavy atom. The third-order valence-corrected chi connectivity index (χ3v) is 7.88. The molecule has 1 aliphatic rings. The van der Waals surface area contributed by atoms with Gasteiger partial charge in [-0.15, -0.1) is 0 Å². The number of nitrogens with one attached hydrogen (secondary N) is 2. The number of fused-ring (bicyclic) bond motifs is 1. The fraction of sp³-hybridized carbons (Fsp3) is 0.467. The number of carbonyl (C=O) groups is 2. The summed E-state index contributed by atoms with van der Waals surface area (Å²) in [6.45, 7) is 9.53. The standard InChI is InChI=1S/C30H37F2N9O3/c1-15(2)24(33)29(42)36-25(16(3)4)30(43)44-17(5)26-37-27(39-38-26)20-14-34-41-12-10-23(35-28(20)41)40-11-6-7-22(40)19-13-18(31)8-9-21(19)32/h8-10,12-17,22,24-25H,6-7,11,33H2,1-5H3,(H,36,42)(H,37,38,39)/t17-,22+,24-,25-/m0/s1. The minimum atomic E-state index is -0.894. The van der Waals surface area contributed by atoms with Crippen LogP contribution in [0.4, 0.5) is 14.6 Å². The number of ether oxygens (including phenoxy) is 1. The number of anilines is 1. The average Bonchev–Trinajstić information content (AvgIpc) is 3.75. The smallest absolute Gasteiger partial charge is 0.329 e. The molecule has 234 valence electrons. The van der Waals surface area contributed by atoms with Crippen LogP contribution in [0.15, 0.2) is 36.7 Å². The first-order valence-corrected chi connectivity index (χ1v) is 14.7. The second-order valence-corrected chi connectivity index (χ2v) is 11.8. The zero-order valence-corrected chi connectivity index (χ0v) is 25.3. The zero-order valence-electron chi connectivity index (χ0n) is 25.3. The fourth-order valence-corrected chi connectivity index (χ4v) is 5.24. The van der Waals surface area contributed by atoms with E-state index in [0.29, 0.717) is 35.6 Å². The maximum Gasteiger partial charge on any atom is 0.329 e. The Morgan fingerprint density at radius 1 is 1.11 bits per heavy atom. The third-order valence-electron chi connectivity index (χ3n) is 7.88. The summed E-state index contributed by atoms with van der Waals surface area (Å²) in [5.74, 6) is -1.17. The van der Waals surface area contributed by atoms with Gasteiger partial charge in [-0.25, -0.2) is 28.1 Å². The summed E-state index contributed by atoms with van der Waals surface area (Å²) < 4.78 is 35.8. The first kappa shape index (κ1) is 31.0. The Morgan fingerprint density at radius 3 is 2.61 bits per heavy atom. The van der Waals surface area contributed by atoms with Gasteiger partial charge in [-0.05, 0) is 55.9 Å². The van der Waals surface area contributed by atoms with Gasteiger partial charge in [-0.2, -0.15) is 10.2 Å². The number of esters is 1. The molecular weight excluding hydrogens is 572 g/mol. The van der Waals surface area contributed by atoms with Crippen molar-refractivity contribution in [1.82, 2.24) is 35.1 Å². The van der Waals surface area contributed by atoms with Crippen molar-refractivity contribution in [2.24, 2.45) is 17.6 Å². The highest BCUT2D eigenvalue weighted by molar-refractivity contribution is 5.87. The topological polar surface area (TPSA) is 156 Å². The number of aromatic nitrogens is 6. The summed E-state index contributed by atoms with van der Waals surface area (Å²) in [5, 5.41) is 14.2. The minimum absolute atomic E-state index is 0.0935. The van der Waals surface area contributed by atoms with Crippen LogP contribution in [0.5, 0.6) is 0 Å². The number of rotatable bonds is 10. The number of benzene rings is 1. The minimum Gasteiger partial charge on any atom is -0.453 e. The molecule has 0 aliphatic carbocycles. The predicted octanol–water partition coefficient (Wildman–Crippen LogP) is 3.86. The molecule has 44 heavy (non-hydrogen) atoms. The molecule has 14 heteroatoms. The molecule has 0 unspecified atom stereocenters. The Bertz CT molecular complexity index is 1650. The summed E-state index contributed by atoms with van der Waals surface area (Å²) in [4.78, 5) is 36.8. The molecule has 0 saturated carbocycles. The molecular formula is C30H37F2N9O3. The molecule has 4 N–H and O–H groups in total. The maximum atomic E-state index is 14.6. The van der Waals surface area contributed by atoms with Gasteiger partial charge < -0.3 is 20.7 Å². The summed E-state index contributed by atoms with van der Waals surface area (Å²) >= 11 is 0. The van der Waals surface area contributed by atoms with E-state index in [4.69, 9.17) is 15.5 Å². The van der Waals surface area contributed by atoms with Crippen LogP contribution in [0.2, 0.25) is 0 Å². The number of halogens is 2. The summed E-state index contributed by atoms with van der Waals surface area (Å²) in [7, 11) is 0. The number of H-pyrrole nitrogens is 1. The van der Waals surface area contributed by atoms with Crippen LogP contribution in [-0.4, -0.2) is 60.3 Å². The molecule has 1 aromatic carbocycles. The molecule has 5 rings (SSSR count). The molecule has 12 nitrogen and oxygen atoms in total. The van der Waals surface area contributed by atoms with Gasteiger partial charge in [0.15, 0.2) is 23.4 Å². The van der Waals surface area contributed by atoms with Crippen molar-refractivity contribution in [2.75, 3.05) is 11.4 Å². The lowest BCUT2D eigenvalue weighted by Crippen LogP contribution is -2.52. The van der Waals surface area contributed by atoms with Crippen molar-refractivity contribution in [1.29, 1.82) is 0 Å². The zero-order chi connectivity index (χ0) is 31.7. The molecule has 1 saturated heterocycles. The van der Waals surface area contributed by atoms with Crippen LogP contribution < -0.4 is 16.0 Å². The molecule has 3 aromatic heterocycles. The number of carbonyl (C=O) groups excluding carboxylic acids is 2. The molecule has 0 radical (unpaired) electrons. The highest BCUT2D eigenvalue weighted by Gasteiger charge is 2.32. The highest BCUT2D eigenvalue weighted by Crippen LogP contribution is 2.37. The Hall–Kier alpha value is -4.46. The molecule has 0 spiro atoms. The van der Waals surface area contributed by atoms with Crippen molar-refractivity contribution < 1.29 is 23.1 Å². The van der Waals surface area contributed by atoms with E-state index in [1.807, 2.05) is 18.7 Å². The Kier molecular flexibility index (Phi) is 8.90. The Balaban J connectivity index is 1.34. The summed E-state index contributed by atoms with van der Waals surface area (Å²) in [6, 6.07) is 3.26. The summed E-state index contributed by atoms with van der Waals surface area (Å²) in [6.07, 6.45) is 3.96. The van der Waals surface area contributed by atoms with Gasteiger partial charge in [0.2, 0.25) is 5.91 Å². The highest BCUT2D eigenvalue weighted by atomic mass is 19.1. The number of nitrogens with two attached hydrogens (primary N) is 1. The van der Waals surface area contributed by atoms with E-state index in [1.165, 1.54) is 6.07 Å². The molecule has 4 aromatic rings. The van der Waals surface area contributed by atoms with E-state index in [-0.39, 0.29) is 29.5 Å². The second-order valence-electron chi connectivity index (χ2n) is 11.8. The van der Waals surface area contributed by atoms with Gasteiger partial charge >= 0.3 is 5.97 Å². The summed E-state index contributed by atoms with van der Waals surface area (Å²) in [5.41, 5.74) is 7.23. The van der Waals surface area contributed by atoms with Crippen LogP contribution in [0.1, 0.15) is 71.0 Å². The van der Waals surface area contributed by atoms with E-state index >= 15 is 0 Å². The lowest BCUT2D eigenvalue weighted by Gasteiger charge is -2.26. The van der Waals surface area contributed by atoms with Crippen LogP contribution in [0.25, 0.3) is 17.0 Å². The average molecular weight is 610 g/mol. The molecule has 1 aliphatic heterocycles. The van der Waals surface area contributed by atoms with Crippen molar-refractivity contribution in [2.45, 2.75) is 71.7 Å². The van der Waals surface area contributed by atoms with E-state index in [2.05, 4.69) is 25.6 Å². The van der Waals surface area contributed by atoms with Gasteiger partial charge in [0, 0.05) is 18.3 Å². The van der Waals surface area contributed by atoms with E-state index in [0.717, 1.165) is 18.6 Å². The van der Waals surface area contributed by atoms with Gasteiger partial charge in [0.05, 0.1) is 23.8 Å². The fourth-order valence-electron chi connectivity index (χ4n) is 5.24. The molecule has 4 heterocycles. The van der Waals surface area contributed by atoms with Crippen molar-refractivity contribution in [3.8, 4) is 11.4 Å². The quantitative estimate of drug-likeness (QED) is 0.227. The van der Waals surface area contributed by atoms with Gasteiger partial charge in [-0.3, -0.25) is 9.89 Å².